The molecule has 0 aliphatic carbocycles. The summed E-state index contributed by atoms with van der Waals surface area (Å²) in [6, 6.07) is 32.9. The van der Waals surface area contributed by atoms with Gasteiger partial charge in [-0.2, -0.15) is 0 Å². The van der Waals surface area contributed by atoms with Crippen molar-refractivity contribution < 1.29 is 0 Å². The maximum atomic E-state index is 2.53. The standard InChI is InChI=1S/C22H24P/c1-23(17-20-11-5-2-6-12-20,18-21-13-7-3-8-14-21)19-22-15-9-4-10-16-22/h2-16H,17-19H2,1H3/q+1. The van der Waals surface area contributed by atoms with Gasteiger partial charge in [-0.1, -0.05) is 91.0 Å². The molecular formula is C22H24P+. The molecule has 3 aromatic carbocycles. The van der Waals surface area contributed by atoms with Crippen LogP contribution >= 0.6 is 7.26 Å². The van der Waals surface area contributed by atoms with Crippen LogP contribution in [0, 0.1) is 0 Å². The van der Waals surface area contributed by atoms with E-state index in [9.17, 15) is 0 Å². The first-order valence-corrected chi connectivity index (χ1v) is 11.0. The molecule has 0 saturated carbocycles. The molecule has 0 fully saturated rings. The third-order valence-electron chi connectivity index (χ3n) is 4.22. The zero-order valence-corrected chi connectivity index (χ0v) is 14.6. The van der Waals surface area contributed by atoms with Crippen LogP contribution in [0.15, 0.2) is 91.0 Å². The van der Waals surface area contributed by atoms with Crippen LogP contribution in [0.2, 0.25) is 0 Å². The van der Waals surface area contributed by atoms with Crippen molar-refractivity contribution in [3.8, 4) is 0 Å². The Morgan fingerprint density at radius 1 is 0.478 bits per heavy atom. The molecule has 0 N–H and O–H groups in total. The van der Waals surface area contributed by atoms with E-state index in [-0.39, 0.29) is 0 Å². The van der Waals surface area contributed by atoms with Crippen molar-refractivity contribution >= 4 is 7.26 Å². The van der Waals surface area contributed by atoms with Gasteiger partial charge in [-0.05, 0) is 16.7 Å². The summed E-state index contributed by atoms with van der Waals surface area (Å²) in [5, 5.41) is 0. The highest BCUT2D eigenvalue weighted by Crippen LogP contribution is 2.63. The summed E-state index contributed by atoms with van der Waals surface area (Å²) in [6.45, 7) is 2.53. The van der Waals surface area contributed by atoms with Crippen LogP contribution in [0.1, 0.15) is 16.7 Å². The molecule has 0 aromatic heterocycles. The third kappa shape index (κ3) is 4.78. The van der Waals surface area contributed by atoms with Crippen molar-refractivity contribution in [3.05, 3.63) is 108 Å². The maximum absolute atomic E-state index is 2.53. The van der Waals surface area contributed by atoms with Crippen molar-refractivity contribution in [2.45, 2.75) is 18.5 Å². The monoisotopic (exact) mass is 319 g/mol. The molecule has 0 atom stereocenters. The van der Waals surface area contributed by atoms with Gasteiger partial charge in [-0.25, -0.2) is 0 Å². The first-order valence-electron chi connectivity index (χ1n) is 8.19. The second-order valence-corrected chi connectivity index (χ2v) is 10.7. The fraction of sp³-hybridized carbons (Fsp3) is 0.182. The fourth-order valence-electron chi connectivity index (χ4n) is 3.24. The van der Waals surface area contributed by atoms with E-state index in [2.05, 4.69) is 97.7 Å². The van der Waals surface area contributed by atoms with Crippen LogP contribution in [-0.2, 0) is 18.5 Å². The van der Waals surface area contributed by atoms with E-state index in [0.717, 1.165) is 0 Å². The number of rotatable bonds is 6. The van der Waals surface area contributed by atoms with Crippen molar-refractivity contribution in [3.63, 3.8) is 0 Å². The van der Waals surface area contributed by atoms with Crippen LogP contribution in [0.3, 0.4) is 0 Å². The molecule has 23 heavy (non-hydrogen) atoms. The minimum Gasteiger partial charge on any atom is -0.0622 e. The van der Waals surface area contributed by atoms with Gasteiger partial charge in [0.2, 0.25) is 0 Å². The van der Waals surface area contributed by atoms with Gasteiger partial charge in [0.15, 0.2) is 0 Å². The van der Waals surface area contributed by atoms with Crippen LogP contribution in [-0.4, -0.2) is 6.66 Å². The fourth-order valence-corrected chi connectivity index (χ4v) is 6.85. The quantitative estimate of drug-likeness (QED) is 0.472. The minimum atomic E-state index is -1.14. The minimum absolute atomic E-state index is 1.14. The Bertz CT molecular complexity index is 603. The highest BCUT2D eigenvalue weighted by molar-refractivity contribution is 7.72. The van der Waals surface area contributed by atoms with Crippen LogP contribution < -0.4 is 0 Å². The van der Waals surface area contributed by atoms with Crippen molar-refractivity contribution in [2.24, 2.45) is 0 Å². The molecule has 0 bridgehead atoms. The van der Waals surface area contributed by atoms with Crippen molar-refractivity contribution in [1.29, 1.82) is 0 Å². The molecular weight excluding hydrogens is 295 g/mol. The Hall–Kier alpha value is -1.91. The lowest BCUT2D eigenvalue weighted by Gasteiger charge is -2.24. The highest BCUT2D eigenvalue weighted by Gasteiger charge is 2.32. The Labute approximate surface area is 140 Å². The molecule has 0 amide bonds. The Balaban J connectivity index is 1.85. The zero-order valence-electron chi connectivity index (χ0n) is 13.7. The molecule has 0 heterocycles. The molecule has 1 heteroatoms. The lowest BCUT2D eigenvalue weighted by molar-refractivity contribution is 1.23. The first kappa shape index (κ1) is 16.0. The van der Waals surface area contributed by atoms with E-state index >= 15 is 0 Å². The Kier molecular flexibility index (Phi) is 5.26. The van der Waals surface area contributed by atoms with Crippen LogP contribution in [0.4, 0.5) is 0 Å². The van der Waals surface area contributed by atoms with Gasteiger partial charge in [0, 0.05) is 13.9 Å². The number of hydrogen-bond donors (Lipinski definition) is 0. The molecule has 116 valence electrons. The molecule has 0 nitrogen and oxygen atoms in total. The summed E-state index contributed by atoms with van der Waals surface area (Å²) in [5.41, 5.74) is 4.40. The van der Waals surface area contributed by atoms with E-state index in [0.29, 0.717) is 0 Å². The average molecular weight is 319 g/mol. The van der Waals surface area contributed by atoms with Crippen molar-refractivity contribution in [2.75, 3.05) is 6.66 Å². The molecule has 3 aromatic rings. The second-order valence-electron chi connectivity index (χ2n) is 6.55. The SMILES string of the molecule is C[P+](Cc1ccccc1)(Cc1ccccc1)Cc1ccccc1. The highest BCUT2D eigenvalue weighted by atomic mass is 31.2. The van der Waals surface area contributed by atoms with E-state index in [4.69, 9.17) is 0 Å². The predicted molar refractivity (Wildman–Crippen MR) is 103 cm³/mol. The lowest BCUT2D eigenvalue weighted by Crippen LogP contribution is -2.03. The summed E-state index contributed by atoms with van der Waals surface area (Å²) in [5.74, 6) is 0. The topological polar surface area (TPSA) is 0 Å². The Morgan fingerprint density at radius 3 is 1.00 bits per heavy atom. The first-order chi connectivity index (χ1) is 11.2. The van der Waals surface area contributed by atoms with Gasteiger partial charge < -0.3 is 0 Å². The third-order valence-corrected chi connectivity index (χ3v) is 7.61. The largest absolute Gasteiger partial charge is 0.0846 e. The number of benzene rings is 3. The maximum Gasteiger partial charge on any atom is 0.0846 e. The summed E-state index contributed by atoms with van der Waals surface area (Å²) in [4.78, 5) is 0. The summed E-state index contributed by atoms with van der Waals surface area (Å²) < 4.78 is 0. The number of hydrogen-bond acceptors (Lipinski definition) is 0. The van der Waals surface area contributed by atoms with Gasteiger partial charge in [0.1, 0.15) is 0 Å². The Morgan fingerprint density at radius 2 is 0.739 bits per heavy atom. The second kappa shape index (κ2) is 7.57. The molecule has 0 aliphatic rings. The van der Waals surface area contributed by atoms with E-state index < -0.39 is 7.26 Å². The van der Waals surface area contributed by atoms with Gasteiger partial charge in [-0.3, -0.25) is 0 Å². The lowest BCUT2D eigenvalue weighted by atomic mass is 10.2. The molecule has 0 saturated heterocycles. The van der Waals surface area contributed by atoms with E-state index in [1.807, 2.05) is 0 Å². The molecule has 0 radical (unpaired) electrons. The average Bonchev–Trinajstić information content (AvgIpc) is 2.57. The van der Waals surface area contributed by atoms with Crippen LogP contribution in [0.25, 0.3) is 0 Å². The molecule has 3 rings (SSSR count). The van der Waals surface area contributed by atoms with Gasteiger partial charge in [0.25, 0.3) is 0 Å². The summed E-state index contributed by atoms with van der Waals surface area (Å²) >= 11 is 0. The van der Waals surface area contributed by atoms with E-state index in [1.165, 1.54) is 35.2 Å². The molecule has 0 aliphatic heterocycles. The van der Waals surface area contributed by atoms with Crippen molar-refractivity contribution in [1.82, 2.24) is 0 Å². The summed E-state index contributed by atoms with van der Waals surface area (Å²) in [6.07, 6.45) is 3.62. The van der Waals surface area contributed by atoms with Crippen LogP contribution in [0.5, 0.6) is 0 Å². The van der Waals surface area contributed by atoms with E-state index in [1.54, 1.807) is 0 Å². The summed E-state index contributed by atoms with van der Waals surface area (Å²) in [7, 11) is -1.14. The molecule has 0 spiro atoms. The van der Waals surface area contributed by atoms with Gasteiger partial charge >= 0.3 is 0 Å². The predicted octanol–water partition coefficient (Wildman–Crippen LogP) is 6.23. The molecule has 0 unspecified atom stereocenters. The van der Waals surface area contributed by atoms with Gasteiger partial charge in [-0.15, -0.1) is 0 Å². The smallest absolute Gasteiger partial charge is 0.0622 e. The normalized spacial score (nSPS) is 11.3. The van der Waals surface area contributed by atoms with Gasteiger partial charge in [0.05, 0.1) is 18.5 Å². The zero-order chi connectivity index (χ0) is 16.0.